The number of halogens is 5. The summed E-state index contributed by atoms with van der Waals surface area (Å²) >= 11 is 0. The Kier molecular flexibility index (Phi) is 7.27. The van der Waals surface area contributed by atoms with E-state index in [-0.39, 0.29) is 24.4 Å². The molecule has 0 saturated carbocycles. The summed E-state index contributed by atoms with van der Waals surface area (Å²) in [5.41, 5.74) is 2.34. The Balaban J connectivity index is 1.48. The van der Waals surface area contributed by atoms with Gasteiger partial charge >= 0.3 is 0 Å². The van der Waals surface area contributed by atoms with Gasteiger partial charge in [-0.15, -0.1) is 0 Å². The Hall–Kier alpha value is -3.25. The van der Waals surface area contributed by atoms with Crippen molar-refractivity contribution in [2.75, 3.05) is 7.11 Å². The third kappa shape index (κ3) is 5.28. The normalized spacial score (nSPS) is 11.4. The Labute approximate surface area is 194 Å². The fourth-order valence-corrected chi connectivity index (χ4v) is 4.12. The molecule has 4 rings (SSSR count). The van der Waals surface area contributed by atoms with Gasteiger partial charge in [-0.1, -0.05) is 36.4 Å². The molecule has 0 spiro atoms. The predicted octanol–water partition coefficient (Wildman–Crippen LogP) is 7.25. The molecule has 0 amide bonds. The van der Waals surface area contributed by atoms with Crippen LogP contribution in [0.15, 0.2) is 60.7 Å². The van der Waals surface area contributed by atoms with Gasteiger partial charge < -0.3 is 4.74 Å². The second-order valence-corrected chi connectivity index (χ2v) is 8.31. The minimum atomic E-state index is -0.922. The standard InChI is InChI=1S/C28H23F5O/c1-34-16-19-14-25(30)23(26(31)15-19)10-4-17-3-9-22-21(12-17)8-7-20(28(22)33)6-2-18-5-11-24(29)27(32)13-18/h3,5,7-9,11-15H,2,4,6,10,16H2,1H3. The highest BCUT2D eigenvalue weighted by molar-refractivity contribution is 5.84. The van der Waals surface area contributed by atoms with Gasteiger partial charge in [-0.2, -0.15) is 0 Å². The highest BCUT2D eigenvalue weighted by Gasteiger charge is 2.13. The summed E-state index contributed by atoms with van der Waals surface area (Å²) in [5, 5.41) is 1.12. The molecule has 0 saturated heterocycles. The van der Waals surface area contributed by atoms with E-state index in [2.05, 4.69) is 0 Å². The van der Waals surface area contributed by atoms with E-state index < -0.39 is 23.3 Å². The van der Waals surface area contributed by atoms with Crippen LogP contribution >= 0.6 is 0 Å². The minimum Gasteiger partial charge on any atom is -0.380 e. The minimum absolute atomic E-state index is 0.0127. The van der Waals surface area contributed by atoms with Gasteiger partial charge in [0.25, 0.3) is 0 Å². The average molecular weight is 470 g/mol. The SMILES string of the molecule is COCc1cc(F)c(CCc2ccc3c(F)c(CCc4ccc(F)c(F)c4)ccc3c2)c(F)c1. The van der Waals surface area contributed by atoms with Crippen LogP contribution in [0.5, 0.6) is 0 Å². The molecule has 0 aromatic heterocycles. The van der Waals surface area contributed by atoms with Crippen LogP contribution in [-0.2, 0) is 37.0 Å². The van der Waals surface area contributed by atoms with Crippen molar-refractivity contribution < 1.29 is 26.7 Å². The number of methoxy groups -OCH3 is 1. The Morgan fingerprint density at radius 2 is 1.24 bits per heavy atom. The van der Waals surface area contributed by atoms with Gasteiger partial charge in [0.2, 0.25) is 0 Å². The van der Waals surface area contributed by atoms with Crippen LogP contribution < -0.4 is 0 Å². The molecular weight excluding hydrogens is 447 g/mol. The summed E-state index contributed by atoms with van der Waals surface area (Å²) in [6, 6.07) is 14.9. The number of benzene rings is 4. The largest absolute Gasteiger partial charge is 0.380 e. The first-order valence-corrected chi connectivity index (χ1v) is 11.0. The van der Waals surface area contributed by atoms with E-state index in [1.54, 1.807) is 24.3 Å². The number of rotatable bonds is 8. The molecule has 0 aliphatic carbocycles. The molecule has 176 valence electrons. The number of ether oxygens (including phenoxy) is 1. The Morgan fingerprint density at radius 3 is 1.94 bits per heavy atom. The summed E-state index contributed by atoms with van der Waals surface area (Å²) in [6.07, 6.45) is 1.28. The fraction of sp³-hybridized carbons (Fsp3) is 0.214. The zero-order valence-corrected chi connectivity index (χ0v) is 18.6. The van der Waals surface area contributed by atoms with Crippen molar-refractivity contribution in [2.24, 2.45) is 0 Å². The predicted molar refractivity (Wildman–Crippen MR) is 122 cm³/mol. The second kappa shape index (κ2) is 10.3. The lowest BCUT2D eigenvalue weighted by Crippen LogP contribution is -2.02. The number of aryl methyl sites for hydroxylation is 3. The van der Waals surface area contributed by atoms with E-state index in [4.69, 9.17) is 4.74 Å². The van der Waals surface area contributed by atoms with Crippen LogP contribution in [0.1, 0.15) is 27.8 Å². The maximum atomic E-state index is 15.1. The summed E-state index contributed by atoms with van der Waals surface area (Å²) in [6.45, 7) is 0.132. The topological polar surface area (TPSA) is 9.23 Å². The van der Waals surface area contributed by atoms with E-state index in [9.17, 15) is 17.6 Å². The van der Waals surface area contributed by atoms with E-state index in [0.717, 1.165) is 17.7 Å². The molecule has 4 aromatic rings. The molecule has 0 radical (unpaired) electrons. The zero-order chi connectivity index (χ0) is 24.2. The molecule has 0 heterocycles. The van der Waals surface area contributed by atoms with Crippen LogP contribution in [0.4, 0.5) is 22.0 Å². The van der Waals surface area contributed by atoms with Gasteiger partial charge in [-0.25, -0.2) is 22.0 Å². The van der Waals surface area contributed by atoms with Crippen molar-refractivity contribution in [3.63, 3.8) is 0 Å². The van der Waals surface area contributed by atoms with Crippen molar-refractivity contribution >= 4 is 10.8 Å². The average Bonchev–Trinajstić information content (AvgIpc) is 2.80. The fourth-order valence-electron chi connectivity index (χ4n) is 4.12. The molecule has 0 N–H and O–H groups in total. The number of fused-ring (bicyclic) bond motifs is 1. The second-order valence-electron chi connectivity index (χ2n) is 8.31. The van der Waals surface area contributed by atoms with E-state index in [1.807, 2.05) is 6.07 Å². The maximum Gasteiger partial charge on any atom is 0.159 e. The molecule has 0 fully saturated rings. The van der Waals surface area contributed by atoms with Crippen molar-refractivity contribution in [3.8, 4) is 0 Å². The van der Waals surface area contributed by atoms with Crippen molar-refractivity contribution in [1.82, 2.24) is 0 Å². The van der Waals surface area contributed by atoms with Crippen molar-refractivity contribution in [1.29, 1.82) is 0 Å². The molecule has 0 aliphatic rings. The highest BCUT2D eigenvalue weighted by Crippen LogP contribution is 2.25. The van der Waals surface area contributed by atoms with Crippen LogP contribution in [0.25, 0.3) is 10.8 Å². The van der Waals surface area contributed by atoms with Gasteiger partial charge in [0.05, 0.1) is 6.61 Å². The monoisotopic (exact) mass is 470 g/mol. The third-order valence-electron chi connectivity index (χ3n) is 5.94. The van der Waals surface area contributed by atoms with Crippen LogP contribution in [0.2, 0.25) is 0 Å². The molecule has 4 aromatic carbocycles. The Morgan fingerprint density at radius 1 is 0.588 bits per heavy atom. The molecule has 6 heteroatoms. The maximum absolute atomic E-state index is 15.1. The zero-order valence-electron chi connectivity index (χ0n) is 18.6. The lowest BCUT2D eigenvalue weighted by molar-refractivity contribution is 0.184. The number of hydrogen-bond donors (Lipinski definition) is 0. The van der Waals surface area contributed by atoms with E-state index >= 15 is 4.39 Å². The molecule has 0 bridgehead atoms. The molecule has 1 nitrogen and oxygen atoms in total. The summed E-state index contributed by atoms with van der Waals surface area (Å²) in [7, 11) is 1.46. The van der Waals surface area contributed by atoms with Crippen LogP contribution in [-0.4, -0.2) is 7.11 Å². The van der Waals surface area contributed by atoms with Crippen LogP contribution in [0, 0.1) is 29.1 Å². The summed E-state index contributed by atoms with van der Waals surface area (Å²) < 4.78 is 75.2. The Bertz CT molecular complexity index is 1310. The van der Waals surface area contributed by atoms with E-state index in [1.165, 1.54) is 25.3 Å². The number of hydrogen-bond acceptors (Lipinski definition) is 1. The first-order valence-electron chi connectivity index (χ1n) is 11.0. The summed E-state index contributed by atoms with van der Waals surface area (Å²) in [5.74, 6) is -3.41. The van der Waals surface area contributed by atoms with Gasteiger partial charge in [0, 0.05) is 18.1 Å². The lowest BCUT2D eigenvalue weighted by atomic mass is 9.97. The molecule has 0 aliphatic heterocycles. The molecule has 0 unspecified atom stereocenters. The third-order valence-corrected chi connectivity index (χ3v) is 5.94. The lowest BCUT2D eigenvalue weighted by Gasteiger charge is -2.10. The highest BCUT2D eigenvalue weighted by atomic mass is 19.2. The van der Waals surface area contributed by atoms with Crippen molar-refractivity contribution in [2.45, 2.75) is 32.3 Å². The summed E-state index contributed by atoms with van der Waals surface area (Å²) in [4.78, 5) is 0. The smallest absolute Gasteiger partial charge is 0.159 e. The van der Waals surface area contributed by atoms with Gasteiger partial charge in [-0.3, -0.25) is 0 Å². The van der Waals surface area contributed by atoms with E-state index in [0.29, 0.717) is 46.7 Å². The molecular formula is C28H23F5O. The first kappa shape index (κ1) is 23.9. The van der Waals surface area contributed by atoms with Crippen molar-refractivity contribution in [3.05, 3.63) is 118 Å². The quantitative estimate of drug-likeness (QED) is 0.247. The first-order chi connectivity index (χ1) is 16.4. The van der Waals surface area contributed by atoms with Gasteiger partial charge in [0.1, 0.15) is 17.5 Å². The van der Waals surface area contributed by atoms with Gasteiger partial charge in [-0.05, 0) is 77.6 Å². The molecule has 34 heavy (non-hydrogen) atoms. The molecule has 0 atom stereocenters. The van der Waals surface area contributed by atoms with Crippen LogP contribution in [0.3, 0.4) is 0 Å². The van der Waals surface area contributed by atoms with Gasteiger partial charge in [0.15, 0.2) is 11.6 Å².